The predicted molar refractivity (Wildman–Crippen MR) is 93.5 cm³/mol. The number of hydrogen-bond donors (Lipinski definition) is 1. The zero-order chi connectivity index (χ0) is 16.1. The summed E-state index contributed by atoms with van der Waals surface area (Å²) < 4.78 is 0. The first-order chi connectivity index (χ1) is 10.5. The van der Waals surface area contributed by atoms with E-state index in [2.05, 4.69) is 43.4 Å². The van der Waals surface area contributed by atoms with Crippen LogP contribution in [0.5, 0.6) is 0 Å². The van der Waals surface area contributed by atoms with Crippen molar-refractivity contribution in [1.82, 2.24) is 0 Å². The molecule has 0 aliphatic heterocycles. The van der Waals surface area contributed by atoms with Gasteiger partial charge in [-0.25, -0.2) is 0 Å². The van der Waals surface area contributed by atoms with E-state index < -0.39 is 0 Å². The lowest BCUT2D eigenvalue weighted by Gasteiger charge is -2.13. The van der Waals surface area contributed by atoms with Crippen molar-refractivity contribution in [3.8, 4) is 0 Å². The maximum Gasteiger partial charge on any atom is 0.224 e. The SMILES string of the molecule is Cc1cccc(CC(C)CC(=O)Nc2cccc(Cl)c2C)c1. The Hall–Kier alpha value is -1.80. The number of amides is 1. The monoisotopic (exact) mass is 315 g/mol. The second-order valence-corrected chi connectivity index (χ2v) is 6.37. The molecule has 0 fully saturated rings. The van der Waals surface area contributed by atoms with Crippen LogP contribution in [0, 0.1) is 19.8 Å². The fraction of sp³-hybridized carbons (Fsp3) is 0.316. The topological polar surface area (TPSA) is 29.1 Å². The van der Waals surface area contributed by atoms with Gasteiger partial charge in [-0.05, 0) is 49.4 Å². The average molecular weight is 316 g/mol. The number of aryl methyl sites for hydroxylation is 1. The minimum Gasteiger partial charge on any atom is -0.326 e. The molecule has 0 saturated carbocycles. The van der Waals surface area contributed by atoms with Crippen molar-refractivity contribution in [2.75, 3.05) is 5.32 Å². The number of rotatable bonds is 5. The minimum atomic E-state index is 0.0329. The number of benzene rings is 2. The molecule has 1 unspecified atom stereocenters. The van der Waals surface area contributed by atoms with Crippen LogP contribution in [-0.4, -0.2) is 5.91 Å². The number of hydrogen-bond acceptors (Lipinski definition) is 1. The molecular weight excluding hydrogens is 294 g/mol. The molecule has 2 nitrogen and oxygen atoms in total. The number of halogens is 1. The van der Waals surface area contributed by atoms with Crippen molar-refractivity contribution < 1.29 is 4.79 Å². The molecule has 116 valence electrons. The van der Waals surface area contributed by atoms with Crippen molar-refractivity contribution in [2.24, 2.45) is 5.92 Å². The second kappa shape index (κ2) is 7.46. The Morgan fingerprint density at radius 1 is 1.18 bits per heavy atom. The number of carbonyl (C=O) groups is 1. The highest BCUT2D eigenvalue weighted by Crippen LogP contribution is 2.23. The van der Waals surface area contributed by atoms with Crippen molar-refractivity contribution in [2.45, 2.75) is 33.6 Å². The van der Waals surface area contributed by atoms with Gasteiger partial charge < -0.3 is 5.32 Å². The maximum absolute atomic E-state index is 12.2. The summed E-state index contributed by atoms with van der Waals surface area (Å²) in [5.41, 5.74) is 4.23. The highest BCUT2D eigenvalue weighted by molar-refractivity contribution is 6.31. The molecule has 2 aromatic rings. The summed E-state index contributed by atoms with van der Waals surface area (Å²) in [7, 11) is 0. The largest absolute Gasteiger partial charge is 0.326 e. The highest BCUT2D eigenvalue weighted by atomic mass is 35.5. The Bertz CT molecular complexity index is 666. The van der Waals surface area contributed by atoms with E-state index in [9.17, 15) is 4.79 Å². The van der Waals surface area contributed by atoms with E-state index in [-0.39, 0.29) is 5.91 Å². The summed E-state index contributed by atoms with van der Waals surface area (Å²) in [6, 6.07) is 14.0. The molecule has 2 rings (SSSR count). The molecule has 1 amide bonds. The summed E-state index contributed by atoms with van der Waals surface area (Å²) in [6.07, 6.45) is 1.41. The smallest absolute Gasteiger partial charge is 0.224 e. The van der Waals surface area contributed by atoms with Crippen LogP contribution in [0.25, 0.3) is 0 Å². The van der Waals surface area contributed by atoms with E-state index in [0.29, 0.717) is 17.4 Å². The van der Waals surface area contributed by atoms with Gasteiger partial charge >= 0.3 is 0 Å². The van der Waals surface area contributed by atoms with E-state index in [1.165, 1.54) is 11.1 Å². The van der Waals surface area contributed by atoms with Crippen molar-refractivity contribution in [1.29, 1.82) is 0 Å². The van der Waals surface area contributed by atoms with Crippen LogP contribution in [-0.2, 0) is 11.2 Å². The molecule has 22 heavy (non-hydrogen) atoms. The maximum atomic E-state index is 12.2. The lowest BCUT2D eigenvalue weighted by molar-refractivity contribution is -0.116. The fourth-order valence-electron chi connectivity index (χ4n) is 2.57. The number of anilines is 1. The normalized spacial score (nSPS) is 12.0. The zero-order valence-corrected chi connectivity index (χ0v) is 14.1. The van der Waals surface area contributed by atoms with Crippen LogP contribution in [0.4, 0.5) is 5.69 Å². The quantitative estimate of drug-likeness (QED) is 0.810. The summed E-state index contributed by atoms with van der Waals surface area (Å²) in [6.45, 7) is 6.10. The lowest BCUT2D eigenvalue weighted by Crippen LogP contribution is -2.17. The Morgan fingerprint density at radius 3 is 2.64 bits per heavy atom. The van der Waals surface area contributed by atoms with Gasteiger partial charge in [0.15, 0.2) is 0 Å². The first-order valence-electron chi connectivity index (χ1n) is 7.56. The van der Waals surface area contributed by atoms with E-state index in [1.807, 2.05) is 25.1 Å². The molecule has 1 atom stereocenters. The molecule has 0 aliphatic rings. The van der Waals surface area contributed by atoms with Gasteiger partial charge in [0.1, 0.15) is 0 Å². The lowest BCUT2D eigenvalue weighted by atomic mass is 9.96. The van der Waals surface area contributed by atoms with Gasteiger partial charge in [-0.2, -0.15) is 0 Å². The van der Waals surface area contributed by atoms with E-state index >= 15 is 0 Å². The third kappa shape index (κ3) is 4.60. The molecule has 0 aliphatic carbocycles. The molecule has 0 spiro atoms. The number of carbonyl (C=O) groups excluding carboxylic acids is 1. The summed E-state index contributed by atoms with van der Waals surface area (Å²) in [5, 5.41) is 3.63. The Labute approximate surface area is 137 Å². The van der Waals surface area contributed by atoms with Crippen LogP contribution in [0.15, 0.2) is 42.5 Å². The van der Waals surface area contributed by atoms with Crippen molar-refractivity contribution >= 4 is 23.2 Å². The van der Waals surface area contributed by atoms with Crippen molar-refractivity contribution in [3.63, 3.8) is 0 Å². The van der Waals surface area contributed by atoms with Gasteiger partial charge in [0.25, 0.3) is 0 Å². The highest BCUT2D eigenvalue weighted by Gasteiger charge is 2.12. The van der Waals surface area contributed by atoms with Crippen LogP contribution < -0.4 is 5.32 Å². The van der Waals surface area contributed by atoms with Crippen LogP contribution >= 0.6 is 11.6 Å². The van der Waals surface area contributed by atoms with E-state index in [4.69, 9.17) is 11.6 Å². The Morgan fingerprint density at radius 2 is 1.91 bits per heavy atom. The van der Waals surface area contributed by atoms with Gasteiger partial charge in [0.05, 0.1) is 0 Å². The predicted octanol–water partition coefficient (Wildman–Crippen LogP) is 5.16. The zero-order valence-electron chi connectivity index (χ0n) is 13.3. The van der Waals surface area contributed by atoms with Crippen molar-refractivity contribution in [3.05, 3.63) is 64.2 Å². The summed E-state index contributed by atoms with van der Waals surface area (Å²) >= 11 is 6.07. The van der Waals surface area contributed by atoms with Crippen LogP contribution in [0.1, 0.15) is 30.0 Å². The minimum absolute atomic E-state index is 0.0329. The molecule has 1 N–H and O–H groups in total. The van der Waals surface area contributed by atoms with E-state index in [1.54, 1.807) is 0 Å². The second-order valence-electron chi connectivity index (χ2n) is 5.96. The molecule has 2 aromatic carbocycles. The molecular formula is C19H22ClNO. The van der Waals surface area contributed by atoms with Crippen LogP contribution in [0.3, 0.4) is 0 Å². The first kappa shape index (κ1) is 16.6. The standard InChI is InChI=1S/C19H22ClNO/c1-13-6-4-7-16(10-13)11-14(2)12-19(22)21-18-9-5-8-17(20)15(18)3/h4-10,14H,11-12H2,1-3H3,(H,21,22). The Balaban J connectivity index is 1.92. The third-order valence-corrected chi connectivity index (χ3v) is 4.15. The molecule has 0 heterocycles. The van der Waals surface area contributed by atoms with Gasteiger partial charge in [0.2, 0.25) is 5.91 Å². The Kier molecular flexibility index (Phi) is 5.62. The van der Waals surface area contributed by atoms with Gasteiger partial charge in [-0.15, -0.1) is 0 Å². The molecule has 0 bridgehead atoms. The third-order valence-electron chi connectivity index (χ3n) is 3.74. The first-order valence-corrected chi connectivity index (χ1v) is 7.94. The molecule has 0 radical (unpaired) electrons. The van der Waals surface area contributed by atoms with E-state index in [0.717, 1.165) is 17.7 Å². The van der Waals surface area contributed by atoms with Gasteiger partial charge in [0, 0.05) is 17.1 Å². The number of nitrogens with one attached hydrogen (secondary N) is 1. The summed E-state index contributed by atoms with van der Waals surface area (Å²) in [4.78, 5) is 12.2. The van der Waals surface area contributed by atoms with Gasteiger partial charge in [-0.3, -0.25) is 4.79 Å². The summed E-state index contributed by atoms with van der Waals surface area (Å²) in [5.74, 6) is 0.326. The fourth-order valence-corrected chi connectivity index (χ4v) is 2.75. The average Bonchev–Trinajstić information content (AvgIpc) is 2.43. The van der Waals surface area contributed by atoms with Crippen LogP contribution in [0.2, 0.25) is 5.02 Å². The molecule has 0 saturated heterocycles. The molecule has 3 heteroatoms. The van der Waals surface area contributed by atoms with Gasteiger partial charge in [-0.1, -0.05) is 54.4 Å². The molecule has 0 aromatic heterocycles.